The molecule has 5 N–H and O–H groups in total. The maximum atomic E-state index is 12.3. The van der Waals surface area contributed by atoms with Crippen molar-refractivity contribution in [3.63, 3.8) is 0 Å². The van der Waals surface area contributed by atoms with Gasteiger partial charge in [-0.2, -0.15) is 0 Å². The highest BCUT2D eigenvalue weighted by Gasteiger charge is 2.14. The Kier molecular flexibility index (Phi) is 14.5. The molecule has 0 radical (unpaired) electrons. The summed E-state index contributed by atoms with van der Waals surface area (Å²) in [4.78, 5) is 46.2. The molecule has 1 aliphatic rings. The second kappa shape index (κ2) is 20.7. The predicted octanol–water partition coefficient (Wildman–Crippen LogP) is 7.61. The first-order valence-corrected chi connectivity index (χ1v) is 21.5. The summed E-state index contributed by atoms with van der Waals surface area (Å²) in [6, 6.07) is 29.3. The van der Waals surface area contributed by atoms with Crippen LogP contribution in [-0.4, -0.2) is 90.7 Å². The zero-order valence-corrected chi connectivity index (χ0v) is 34.6. The summed E-state index contributed by atoms with van der Waals surface area (Å²) in [5, 5.41) is 9.24. The number of aromatic amines is 2. The SMILES string of the molecule is CCCN(CCC)c1ccc(CCCC(=O)NCCNC(=O)CCCCOc2ccc(-c3nc4ccc(-c5nc6cc(N7CCNCC7)ccc6[nH]5)cc4[nH]3)cc2)cc1. The van der Waals surface area contributed by atoms with Crippen molar-refractivity contribution < 1.29 is 14.3 Å². The van der Waals surface area contributed by atoms with Crippen LogP contribution in [0.5, 0.6) is 5.75 Å². The number of hydrogen-bond acceptors (Lipinski definition) is 8. The van der Waals surface area contributed by atoms with Crippen LogP contribution in [0.3, 0.4) is 0 Å². The normalized spacial score (nSPS) is 12.9. The molecular formula is C47H59N9O3. The number of H-pyrrole nitrogens is 2. The third-order valence-electron chi connectivity index (χ3n) is 10.8. The monoisotopic (exact) mass is 797 g/mol. The second-order valence-electron chi connectivity index (χ2n) is 15.4. The largest absolute Gasteiger partial charge is 0.494 e. The van der Waals surface area contributed by atoms with Gasteiger partial charge < -0.3 is 40.5 Å². The van der Waals surface area contributed by atoms with Crippen molar-refractivity contribution in [1.82, 2.24) is 35.9 Å². The number of unbranched alkanes of at least 4 members (excludes halogenated alkanes) is 1. The van der Waals surface area contributed by atoms with Gasteiger partial charge in [0.05, 0.1) is 28.7 Å². The van der Waals surface area contributed by atoms with Crippen molar-refractivity contribution >= 4 is 45.3 Å². The van der Waals surface area contributed by atoms with Crippen LogP contribution in [0.2, 0.25) is 0 Å². The number of ether oxygens (including phenoxy) is 1. The molecule has 310 valence electrons. The fourth-order valence-electron chi connectivity index (χ4n) is 7.65. The number of imidazole rings is 2. The van der Waals surface area contributed by atoms with Crippen LogP contribution in [0.15, 0.2) is 84.9 Å². The van der Waals surface area contributed by atoms with Crippen molar-refractivity contribution in [2.75, 3.05) is 68.8 Å². The molecule has 59 heavy (non-hydrogen) atoms. The van der Waals surface area contributed by atoms with E-state index >= 15 is 0 Å². The average Bonchev–Trinajstić information content (AvgIpc) is 3.90. The van der Waals surface area contributed by atoms with Gasteiger partial charge in [0.1, 0.15) is 17.4 Å². The van der Waals surface area contributed by atoms with Gasteiger partial charge in [0.2, 0.25) is 11.8 Å². The van der Waals surface area contributed by atoms with Crippen molar-refractivity contribution in [3.8, 4) is 28.5 Å². The molecule has 7 rings (SSSR count). The number of carbonyl (C=O) groups excluding carboxylic acids is 2. The van der Waals surface area contributed by atoms with Crippen molar-refractivity contribution in [2.45, 2.75) is 65.2 Å². The molecule has 1 aliphatic heterocycles. The van der Waals surface area contributed by atoms with E-state index in [9.17, 15) is 9.59 Å². The lowest BCUT2D eigenvalue weighted by Gasteiger charge is -2.29. The van der Waals surface area contributed by atoms with Gasteiger partial charge in [0.25, 0.3) is 0 Å². The maximum Gasteiger partial charge on any atom is 0.220 e. The zero-order valence-electron chi connectivity index (χ0n) is 34.6. The zero-order chi connectivity index (χ0) is 40.8. The molecule has 1 saturated heterocycles. The summed E-state index contributed by atoms with van der Waals surface area (Å²) in [5.74, 6) is 2.40. The number of aryl methyl sites for hydroxylation is 1. The van der Waals surface area contributed by atoms with E-state index in [2.05, 4.69) is 104 Å². The lowest BCUT2D eigenvalue weighted by atomic mass is 10.1. The van der Waals surface area contributed by atoms with E-state index in [0.717, 1.165) is 128 Å². The predicted molar refractivity (Wildman–Crippen MR) is 239 cm³/mol. The van der Waals surface area contributed by atoms with Crippen LogP contribution < -0.4 is 30.5 Å². The Hall–Kier alpha value is -5.88. The summed E-state index contributed by atoms with van der Waals surface area (Å²) < 4.78 is 5.96. The molecule has 0 spiro atoms. The minimum absolute atomic E-state index is 0.0148. The first-order chi connectivity index (χ1) is 28.9. The Labute approximate surface area is 347 Å². The molecule has 0 saturated carbocycles. The number of piperazine rings is 1. The molecule has 0 aliphatic carbocycles. The van der Waals surface area contributed by atoms with Crippen LogP contribution in [-0.2, 0) is 16.0 Å². The highest BCUT2D eigenvalue weighted by atomic mass is 16.5. The van der Waals surface area contributed by atoms with E-state index in [4.69, 9.17) is 14.7 Å². The molecule has 0 atom stereocenters. The first kappa shape index (κ1) is 41.3. The number of nitrogens with one attached hydrogen (secondary N) is 5. The molecule has 0 bridgehead atoms. The van der Waals surface area contributed by atoms with E-state index in [1.165, 1.54) is 16.9 Å². The Morgan fingerprint density at radius 3 is 2.10 bits per heavy atom. The van der Waals surface area contributed by atoms with Gasteiger partial charge in [0, 0.05) is 87.7 Å². The third kappa shape index (κ3) is 11.4. The number of amides is 2. The van der Waals surface area contributed by atoms with Crippen LogP contribution >= 0.6 is 0 Å². The highest BCUT2D eigenvalue weighted by Crippen LogP contribution is 2.29. The van der Waals surface area contributed by atoms with Crippen LogP contribution in [0.1, 0.15) is 64.4 Å². The molecular weight excluding hydrogens is 739 g/mol. The van der Waals surface area contributed by atoms with Crippen LogP contribution in [0.4, 0.5) is 11.4 Å². The van der Waals surface area contributed by atoms with E-state index in [1.807, 2.05) is 30.3 Å². The van der Waals surface area contributed by atoms with Crippen LogP contribution in [0, 0.1) is 0 Å². The molecule has 2 amide bonds. The smallest absolute Gasteiger partial charge is 0.220 e. The summed E-state index contributed by atoms with van der Waals surface area (Å²) in [5.41, 5.74) is 9.50. The number of fused-ring (bicyclic) bond motifs is 2. The number of aromatic nitrogens is 4. The number of anilines is 2. The third-order valence-corrected chi connectivity index (χ3v) is 10.8. The average molecular weight is 798 g/mol. The number of hydrogen-bond donors (Lipinski definition) is 5. The Morgan fingerprint density at radius 1 is 0.712 bits per heavy atom. The Balaban J connectivity index is 0.770. The fourth-order valence-corrected chi connectivity index (χ4v) is 7.65. The molecule has 3 heterocycles. The van der Waals surface area contributed by atoms with Crippen molar-refractivity contribution in [2.24, 2.45) is 0 Å². The lowest BCUT2D eigenvalue weighted by molar-refractivity contribution is -0.123. The lowest BCUT2D eigenvalue weighted by Crippen LogP contribution is -2.43. The molecule has 4 aromatic carbocycles. The van der Waals surface area contributed by atoms with E-state index in [0.29, 0.717) is 32.5 Å². The fraction of sp³-hybridized carbons (Fsp3) is 0.404. The van der Waals surface area contributed by atoms with Crippen molar-refractivity contribution in [1.29, 1.82) is 0 Å². The first-order valence-electron chi connectivity index (χ1n) is 21.5. The summed E-state index contributed by atoms with van der Waals surface area (Å²) in [7, 11) is 0. The number of carbonyl (C=O) groups is 2. The van der Waals surface area contributed by atoms with E-state index in [1.54, 1.807) is 0 Å². The topological polar surface area (TPSA) is 143 Å². The number of rotatable bonds is 21. The quantitative estimate of drug-likeness (QED) is 0.0469. The van der Waals surface area contributed by atoms with Gasteiger partial charge in [-0.25, -0.2) is 9.97 Å². The molecule has 12 nitrogen and oxygen atoms in total. The van der Waals surface area contributed by atoms with Gasteiger partial charge in [0.15, 0.2) is 0 Å². The summed E-state index contributed by atoms with van der Waals surface area (Å²) in [6.45, 7) is 11.9. The van der Waals surface area contributed by atoms with Gasteiger partial charge in [-0.05, 0) is 117 Å². The molecule has 6 aromatic rings. The molecule has 1 fully saturated rings. The second-order valence-corrected chi connectivity index (χ2v) is 15.4. The Morgan fingerprint density at radius 2 is 1.37 bits per heavy atom. The minimum Gasteiger partial charge on any atom is -0.494 e. The Bertz CT molecular complexity index is 2250. The summed E-state index contributed by atoms with van der Waals surface area (Å²) in [6.07, 6.45) is 6.31. The number of nitrogens with zero attached hydrogens (tertiary/aromatic N) is 4. The van der Waals surface area contributed by atoms with E-state index < -0.39 is 0 Å². The van der Waals surface area contributed by atoms with Gasteiger partial charge >= 0.3 is 0 Å². The molecule has 2 aromatic heterocycles. The number of benzene rings is 4. The molecule has 12 heteroatoms. The van der Waals surface area contributed by atoms with Gasteiger partial charge in [-0.1, -0.05) is 26.0 Å². The van der Waals surface area contributed by atoms with Crippen LogP contribution in [0.25, 0.3) is 44.8 Å². The highest BCUT2D eigenvalue weighted by molar-refractivity contribution is 5.87. The van der Waals surface area contributed by atoms with Gasteiger partial charge in [-0.3, -0.25) is 9.59 Å². The summed E-state index contributed by atoms with van der Waals surface area (Å²) >= 11 is 0. The van der Waals surface area contributed by atoms with Gasteiger partial charge in [-0.15, -0.1) is 0 Å². The minimum atomic E-state index is -0.0148. The van der Waals surface area contributed by atoms with Crippen molar-refractivity contribution in [3.05, 3.63) is 90.5 Å². The van der Waals surface area contributed by atoms with E-state index in [-0.39, 0.29) is 11.8 Å². The standard InChI is InChI=1S/C47H59N9O3/c1-3-27-55(28-4-2)37-16-11-34(12-17-37)8-7-10-45(58)50-24-23-49-44(57)9-5-6-31-59-39-19-13-35(14-20-39)46-51-40-21-15-36(32-42(40)53-46)47-52-41-22-18-38(33-43(41)54-47)56-29-25-48-26-30-56/h11-22,32-33,48H,3-10,23-31H2,1-2H3,(H,49,57)(H,50,58)(H,51,53)(H,52,54). The molecule has 0 unspecified atom stereocenters. The maximum absolute atomic E-state index is 12.3.